The Morgan fingerprint density at radius 1 is 1.10 bits per heavy atom. The van der Waals surface area contributed by atoms with Crippen LogP contribution in [0.25, 0.3) is 0 Å². The Balaban J connectivity index is 1.33. The standard InChI is InChI=1S/C22H29N3O3S/c26-19(23-17-10-4-5-11-18(17)29-16-8-2-3-9-16)12-15-25-20(27)22(24-21(25)28)13-6-1-7-14-22/h4-5,10-11,16H,1-3,6-9,12-15H2,(H,23,26)(H,24,28). The van der Waals surface area contributed by atoms with Crippen LogP contribution in [0.1, 0.15) is 64.2 Å². The van der Waals surface area contributed by atoms with Crippen LogP contribution in [-0.4, -0.2) is 40.1 Å². The molecule has 4 amide bonds. The van der Waals surface area contributed by atoms with Gasteiger partial charge in [-0.2, -0.15) is 0 Å². The van der Waals surface area contributed by atoms with E-state index < -0.39 is 5.54 Å². The molecule has 4 rings (SSSR count). The van der Waals surface area contributed by atoms with Crippen LogP contribution in [0.15, 0.2) is 29.2 Å². The second-order valence-corrected chi connectivity index (χ2v) is 9.69. The maximum Gasteiger partial charge on any atom is 0.325 e. The molecule has 1 spiro atoms. The fourth-order valence-corrected chi connectivity index (χ4v) is 5.99. The highest BCUT2D eigenvalue weighted by Gasteiger charge is 2.51. The summed E-state index contributed by atoms with van der Waals surface area (Å²) in [5.74, 6) is -0.332. The lowest BCUT2D eigenvalue weighted by molar-refractivity contribution is -0.132. The predicted molar refractivity (Wildman–Crippen MR) is 114 cm³/mol. The highest BCUT2D eigenvalue weighted by Crippen LogP contribution is 2.38. The Bertz CT molecular complexity index is 785. The van der Waals surface area contributed by atoms with Crippen LogP contribution >= 0.6 is 11.8 Å². The van der Waals surface area contributed by atoms with Crippen molar-refractivity contribution in [2.45, 2.75) is 79.9 Å². The zero-order valence-corrected chi connectivity index (χ0v) is 17.6. The van der Waals surface area contributed by atoms with Crippen molar-refractivity contribution >= 4 is 35.3 Å². The van der Waals surface area contributed by atoms with Gasteiger partial charge in [-0.1, -0.05) is 44.2 Å². The normalized spacial score (nSPS) is 21.6. The fourth-order valence-electron chi connectivity index (χ4n) is 4.66. The van der Waals surface area contributed by atoms with Gasteiger partial charge in [0.1, 0.15) is 5.54 Å². The van der Waals surface area contributed by atoms with Crippen molar-refractivity contribution in [3.05, 3.63) is 24.3 Å². The number of hydrogen-bond acceptors (Lipinski definition) is 4. The largest absolute Gasteiger partial charge is 0.325 e. The molecule has 3 aliphatic rings. The van der Waals surface area contributed by atoms with E-state index in [1.54, 1.807) is 0 Å². The number of imide groups is 1. The zero-order valence-electron chi connectivity index (χ0n) is 16.7. The summed E-state index contributed by atoms with van der Waals surface area (Å²) in [6.45, 7) is 0.121. The molecule has 2 saturated carbocycles. The van der Waals surface area contributed by atoms with E-state index >= 15 is 0 Å². The molecule has 1 aliphatic heterocycles. The number of carbonyl (C=O) groups excluding carboxylic acids is 3. The number of urea groups is 1. The maximum atomic E-state index is 12.8. The number of hydrogen-bond donors (Lipinski definition) is 2. The Kier molecular flexibility index (Phi) is 6.13. The third-order valence-electron chi connectivity index (χ3n) is 6.27. The molecule has 1 aromatic rings. The molecule has 0 unspecified atom stereocenters. The van der Waals surface area contributed by atoms with E-state index in [0.717, 1.165) is 29.8 Å². The van der Waals surface area contributed by atoms with Gasteiger partial charge in [0.25, 0.3) is 5.91 Å². The molecule has 0 bridgehead atoms. The molecule has 1 aromatic carbocycles. The van der Waals surface area contributed by atoms with E-state index in [1.807, 2.05) is 36.0 Å². The second-order valence-electron chi connectivity index (χ2n) is 8.35. The van der Waals surface area contributed by atoms with Gasteiger partial charge in [-0.3, -0.25) is 14.5 Å². The molecule has 0 atom stereocenters. The average molecular weight is 416 g/mol. The number of benzene rings is 1. The van der Waals surface area contributed by atoms with E-state index in [-0.39, 0.29) is 30.8 Å². The average Bonchev–Trinajstić information content (AvgIpc) is 3.30. The van der Waals surface area contributed by atoms with Crippen LogP contribution in [0.2, 0.25) is 0 Å². The Labute approximate surface area is 176 Å². The van der Waals surface area contributed by atoms with Gasteiger partial charge >= 0.3 is 6.03 Å². The summed E-state index contributed by atoms with van der Waals surface area (Å²) in [6, 6.07) is 7.51. The molecular weight excluding hydrogens is 386 g/mol. The lowest BCUT2D eigenvalue weighted by Gasteiger charge is -2.30. The minimum atomic E-state index is -0.726. The van der Waals surface area contributed by atoms with Gasteiger partial charge in [0, 0.05) is 23.1 Å². The number of para-hydroxylation sites is 1. The van der Waals surface area contributed by atoms with Gasteiger partial charge in [0.15, 0.2) is 0 Å². The maximum absolute atomic E-state index is 12.8. The highest BCUT2D eigenvalue weighted by molar-refractivity contribution is 8.00. The molecule has 0 radical (unpaired) electrons. The number of nitrogens with one attached hydrogen (secondary N) is 2. The quantitative estimate of drug-likeness (QED) is 0.679. The summed E-state index contributed by atoms with van der Waals surface area (Å²) in [4.78, 5) is 40.0. The molecule has 1 heterocycles. The molecule has 0 aromatic heterocycles. The number of rotatable bonds is 6. The smallest absolute Gasteiger partial charge is 0.325 e. The molecule has 2 aliphatic carbocycles. The first kappa shape index (κ1) is 20.3. The van der Waals surface area contributed by atoms with Gasteiger partial charge in [0.2, 0.25) is 5.91 Å². The van der Waals surface area contributed by atoms with Gasteiger partial charge in [-0.25, -0.2) is 4.79 Å². The number of amides is 4. The summed E-state index contributed by atoms with van der Waals surface area (Å²) in [5, 5.41) is 6.49. The number of carbonyl (C=O) groups is 3. The fraction of sp³-hybridized carbons (Fsp3) is 0.591. The Morgan fingerprint density at radius 3 is 2.59 bits per heavy atom. The van der Waals surface area contributed by atoms with Gasteiger partial charge in [-0.05, 0) is 37.8 Å². The number of nitrogens with zero attached hydrogens (tertiary/aromatic N) is 1. The van der Waals surface area contributed by atoms with Crippen molar-refractivity contribution in [3.63, 3.8) is 0 Å². The Hall–Kier alpha value is -2.02. The van der Waals surface area contributed by atoms with Crippen LogP contribution in [0, 0.1) is 0 Å². The molecule has 29 heavy (non-hydrogen) atoms. The summed E-state index contributed by atoms with van der Waals surface area (Å²) in [6.07, 6.45) is 9.52. The highest BCUT2D eigenvalue weighted by atomic mass is 32.2. The number of anilines is 1. The Morgan fingerprint density at radius 2 is 1.83 bits per heavy atom. The van der Waals surface area contributed by atoms with Crippen LogP contribution < -0.4 is 10.6 Å². The minimum absolute atomic E-state index is 0.109. The first-order valence-corrected chi connectivity index (χ1v) is 11.6. The first-order valence-electron chi connectivity index (χ1n) is 10.8. The lowest BCUT2D eigenvalue weighted by Crippen LogP contribution is -2.48. The third-order valence-corrected chi connectivity index (χ3v) is 7.69. The van der Waals surface area contributed by atoms with Crippen LogP contribution in [0.3, 0.4) is 0 Å². The van der Waals surface area contributed by atoms with Crippen molar-refractivity contribution in [3.8, 4) is 0 Å². The monoisotopic (exact) mass is 415 g/mol. The lowest BCUT2D eigenvalue weighted by atomic mass is 9.82. The molecule has 156 valence electrons. The summed E-state index contributed by atoms with van der Waals surface area (Å²) in [5.41, 5.74) is 0.0893. The van der Waals surface area contributed by atoms with E-state index in [2.05, 4.69) is 10.6 Å². The van der Waals surface area contributed by atoms with Crippen LogP contribution in [0.4, 0.5) is 10.5 Å². The number of thioether (sulfide) groups is 1. The van der Waals surface area contributed by atoms with Gasteiger partial charge < -0.3 is 10.6 Å². The van der Waals surface area contributed by atoms with Crippen molar-refractivity contribution in [1.29, 1.82) is 0 Å². The molecule has 3 fully saturated rings. The van der Waals surface area contributed by atoms with Crippen molar-refractivity contribution in [2.75, 3.05) is 11.9 Å². The third kappa shape index (κ3) is 4.44. The van der Waals surface area contributed by atoms with E-state index in [1.165, 1.54) is 30.6 Å². The summed E-state index contributed by atoms with van der Waals surface area (Å²) < 4.78 is 0. The molecule has 6 nitrogen and oxygen atoms in total. The van der Waals surface area contributed by atoms with Gasteiger partial charge in [0.05, 0.1) is 5.69 Å². The van der Waals surface area contributed by atoms with Gasteiger partial charge in [-0.15, -0.1) is 11.8 Å². The SMILES string of the molecule is O=C(CCN1C(=O)NC2(CCCCC2)C1=O)Nc1ccccc1SC1CCCC1. The summed E-state index contributed by atoms with van der Waals surface area (Å²) in [7, 11) is 0. The van der Waals surface area contributed by atoms with Crippen LogP contribution in [-0.2, 0) is 9.59 Å². The topological polar surface area (TPSA) is 78.5 Å². The predicted octanol–water partition coefficient (Wildman–Crippen LogP) is 4.30. The van der Waals surface area contributed by atoms with Crippen molar-refractivity contribution in [2.24, 2.45) is 0 Å². The molecular formula is C22H29N3O3S. The molecule has 7 heteroatoms. The minimum Gasteiger partial charge on any atom is -0.325 e. The van der Waals surface area contributed by atoms with Crippen LogP contribution in [0.5, 0.6) is 0 Å². The zero-order chi connectivity index (χ0) is 20.3. The van der Waals surface area contributed by atoms with E-state index in [0.29, 0.717) is 18.1 Å². The van der Waals surface area contributed by atoms with Crippen molar-refractivity contribution in [1.82, 2.24) is 10.2 Å². The second kappa shape index (κ2) is 8.78. The molecule has 1 saturated heterocycles. The van der Waals surface area contributed by atoms with E-state index in [9.17, 15) is 14.4 Å². The van der Waals surface area contributed by atoms with Crippen molar-refractivity contribution < 1.29 is 14.4 Å². The summed E-state index contributed by atoms with van der Waals surface area (Å²) >= 11 is 1.84. The first-order chi connectivity index (χ1) is 14.1. The molecule has 2 N–H and O–H groups in total. The van der Waals surface area contributed by atoms with E-state index in [4.69, 9.17) is 0 Å².